The summed E-state index contributed by atoms with van der Waals surface area (Å²) < 4.78 is 11.4. The topological polar surface area (TPSA) is 67.2 Å². The van der Waals surface area contributed by atoms with E-state index in [1.807, 2.05) is 0 Å². The summed E-state index contributed by atoms with van der Waals surface area (Å²) in [5, 5.41) is 6.17. The van der Waals surface area contributed by atoms with E-state index >= 15 is 0 Å². The molecule has 0 atom stereocenters. The molecule has 4 nitrogen and oxygen atoms in total. The molecule has 0 aromatic heterocycles. The van der Waals surface area contributed by atoms with Crippen molar-refractivity contribution >= 4 is 36.9 Å². The first-order chi connectivity index (χ1) is 4.66. The molecule has 1 fully saturated rings. The van der Waals surface area contributed by atoms with Crippen LogP contribution in [0, 0.1) is 0 Å². The van der Waals surface area contributed by atoms with Gasteiger partial charge in [-0.15, -0.1) is 12.4 Å². The second-order valence-corrected chi connectivity index (χ2v) is 5.76. The first kappa shape index (κ1) is 11.2. The molecule has 0 aromatic carbocycles. The summed E-state index contributed by atoms with van der Waals surface area (Å²) in [6, 6.07) is 0. The Morgan fingerprint density at radius 1 is 1.55 bits per heavy atom. The highest BCUT2D eigenvalue weighted by molar-refractivity contribution is 7.80. The molecular weight excluding hydrogens is 205 g/mol. The van der Waals surface area contributed by atoms with Gasteiger partial charge in [0.15, 0.2) is 5.11 Å². The fourth-order valence-electron chi connectivity index (χ4n) is 0.679. The van der Waals surface area contributed by atoms with Crippen LogP contribution in [-0.4, -0.2) is 24.0 Å². The number of thiocarbonyl (C=S) groups is 1. The molecule has 0 amide bonds. The van der Waals surface area contributed by atoms with E-state index in [9.17, 15) is 4.57 Å². The molecule has 0 saturated carbocycles. The Morgan fingerprint density at radius 2 is 2.00 bits per heavy atom. The number of nitrogens with two attached hydrogens (primary N) is 1. The molecule has 1 aliphatic heterocycles. The number of hydrogen-bond acceptors (Lipinski definition) is 3. The predicted molar refractivity (Wildman–Crippen MR) is 52.5 cm³/mol. The van der Waals surface area contributed by atoms with E-state index in [2.05, 4.69) is 10.6 Å². The molecule has 4 N–H and O–H groups in total. The minimum atomic E-state index is -2.16. The van der Waals surface area contributed by atoms with Crippen molar-refractivity contribution in [2.75, 3.05) is 18.9 Å². The van der Waals surface area contributed by atoms with E-state index in [1.54, 1.807) is 0 Å². The van der Waals surface area contributed by atoms with Gasteiger partial charge in [0.05, 0.1) is 12.6 Å². The summed E-state index contributed by atoms with van der Waals surface area (Å²) in [5.41, 5.74) is 5.30. The fraction of sp³-hybridized carbons (Fsp3) is 0.750. The Morgan fingerprint density at radius 3 is 2.36 bits per heavy atom. The van der Waals surface area contributed by atoms with Crippen molar-refractivity contribution in [2.45, 2.75) is 0 Å². The highest BCUT2D eigenvalue weighted by Gasteiger charge is 2.24. The lowest BCUT2D eigenvalue weighted by Crippen LogP contribution is -2.43. The zero-order valence-corrected chi connectivity index (χ0v) is 8.40. The van der Waals surface area contributed by atoms with E-state index in [0.29, 0.717) is 17.7 Å². The third kappa shape index (κ3) is 2.95. The normalized spacial score (nSPS) is 21.0. The van der Waals surface area contributed by atoms with Crippen LogP contribution in [0.4, 0.5) is 0 Å². The third-order valence-corrected chi connectivity index (χ3v) is 3.81. The molecule has 0 aromatic rings. The second-order valence-electron chi connectivity index (χ2n) is 2.24. The van der Waals surface area contributed by atoms with Gasteiger partial charge in [-0.3, -0.25) is 0 Å². The maximum Gasteiger partial charge on any atom is 0.167 e. The summed E-state index contributed by atoms with van der Waals surface area (Å²) in [4.78, 5) is 0. The van der Waals surface area contributed by atoms with Gasteiger partial charge in [-0.05, 0) is 12.2 Å². The smallest absolute Gasteiger partial charge is 0.167 e. The van der Waals surface area contributed by atoms with Crippen LogP contribution in [0.5, 0.6) is 0 Å². The van der Waals surface area contributed by atoms with Gasteiger partial charge in [0.1, 0.15) is 7.14 Å². The molecule has 11 heavy (non-hydrogen) atoms. The van der Waals surface area contributed by atoms with Crippen molar-refractivity contribution in [3.63, 3.8) is 0 Å². The minimum Gasteiger partial charge on any atom is -0.356 e. The molecule has 0 unspecified atom stereocenters. The number of hydrogen-bond donors (Lipinski definition) is 3. The van der Waals surface area contributed by atoms with Crippen LogP contribution in [0.1, 0.15) is 0 Å². The summed E-state index contributed by atoms with van der Waals surface area (Å²) in [5.74, 6) is 0. The van der Waals surface area contributed by atoms with Gasteiger partial charge in [-0.25, -0.2) is 0 Å². The van der Waals surface area contributed by atoms with E-state index in [-0.39, 0.29) is 18.7 Å². The second kappa shape index (κ2) is 4.26. The lowest BCUT2D eigenvalue weighted by atomic mass is 11.0. The summed E-state index contributed by atoms with van der Waals surface area (Å²) in [6.07, 6.45) is 1.13. The van der Waals surface area contributed by atoms with E-state index in [4.69, 9.17) is 18.0 Å². The van der Waals surface area contributed by atoms with Crippen molar-refractivity contribution in [1.29, 1.82) is 0 Å². The van der Waals surface area contributed by atoms with Crippen LogP contribution in [0.3, 0.4) is 0 Å². The van der Waals surface area contributed by atoms with Gasteiger partial charge >= 0.3 is 0 Å². The van der Waals surface area contributed by atoms with Crippen LogP contribution < -0.4 is 16.4 Å². The van der Waals surface area contributed by atoms with Crippen molar-refractivity contribution < 1.29 is 4.57 Å². The SMILES string of the molecule is Cl.NCP1(=O)CNC(=S)NC1. The molecule has 0 aliphatic carbocycles. The average Bonchev–Trinajstić information content (AvgIpc) is 1.96. The van der Waals surface area contributed by atoms with Crippen molar-refractivity contribution in [3.8, 4) is 0 Å². The standard InChI is InChI=1S/C4H10N3OPS.ClH/c5-1-9(8)2-6-4(10)7-3-9;/h1-3,5H2,(H2,6,7,10);1H. The molecule has 7 heteroatoms. The first-order valence-electron chi connectivity index (χ1n) is 2.95. The molecule has 0 spiro atoms. The quantitative estimate of drug-likeness (QED) is 0.427. The Kier molecular flexibility index (Phi) is 4.32. The van der Waals surface area contributed by atoms with Gasteiger partial charge in [0, 0.05) is 6.29 Å². The summed E-state index contributed by atoms with van der Waals surface area (Å²) in [6.45, 7) is 0. The Hall–Kier alpha value is 0.170. The zero-order chi connectivity index (χ0) is 7.61. The molecule has 0 bridgehead atoms. The van der Waals surface area contributed by atoms with Gasteiger partial charge in [-0.1, -0.05) is 0 Å². The molecule has 1 aliphatic rings. The van der Waals surface area contributed by atoms with Gasteiger partial charge in [0.25, 0.3) is 0 Å². The van der Waals surface area contributed by atoms with E-state index < -0.39 is 7.14 Å². The maximum absolute atomic E-state index is 11.4. The van der Waals surface area contributed by atoms with Crippen LogP contribution in [-0.2, 0) is 4.57 Å². The number of halogens is 1. The lowest BCUT2D eigenvalue weighted by molar-refractivity contribution is 0.568. The number of nitrogens with one attached hydrogen (secondary N) is 2. The van der Waals surface area contributed by atoms with Crippen molar-refractivity contribution in [2.24, 2.45) is 5.73 Å². The molecular formula is C4H11ClN3OPS. The minimum absolute atomic E-state index is 0. The van der Waals surface area contributed by atoms with Gasteiger partial charge in [0.2, 0.25) is 0 Å². The molecule has 0 radical (unpaired) electrons. The average molecular weight is 216 g/mol. The van der Waals surface area contributed by atoms with Gasteiger partial charge < -0.3 is 20.9 Å². The Balaban J connectivity index is 0.000001000. The third-order valence-electron chi connectivity index (χ3n) is 1.39. The first-order valence-corrected chi connectivity index (χ1v) is 5.62. The van der Waals surface area contributed by atoms with Crippen LogP contribution in [0.25, 0.3) is 0 Å². The zero-order valence-electron chi connectivity index (χ0n) is 5.87. The van der Waals surface area contributed by atoms with Crippen molar-refractivity contribution in [1.82, 2.24) is 10.6 Å². The van der Waals surface area contributed by atoms with E-state index in [1.165, 1.54) is 0 Å². The maximum atomic E-state index is 11.4. The molecule has 1 heterocycles. The van der Waals surface area contributed by atoms with Crippen LogP contribution >= 0.6 is 31.8 Å². The predicted octanol–water partition coefficient (Wildman–Crippen LogP) is 0.0802. The van der Waals surface area contributed by atoms with Crippen LogP contribution in [0.15, 0.2) is 0 Å². The largest absolute Gasteiger partial charge is 0.356 e. The van der Waals surface area contributed by atoms with Gasteiger partial charge in [-0.2, -0.15) is 0 Å². The van der Waals surface area contributed by atoms with Crippen LogP contribution in [0.2, 0.25) is 0 Å². The lowest BCUT2D eigenvalue weighted by Gasteiger charge is -2.24. The molecule has 1 saturated heterocycles. The summed E-state index contributed by atoms with van der Waals surface area (Å²) >= 11 is 4.77. The Bertz CT molecular complexity index is 186. The molecule has 66 valence electrons. The number of rotatable bonds is 1. The van der Waals surface area contributed by atoms with Crippen molar-refractivity contribution in [3.05, 3.63) is 0 Å². The van der Waals surface area contributed by atoms with E-state index in [0.717, 1.165) is 0 Å². The highest BCUT2D eigenvalue weighted by Crippen LogP contribution is 2.41. The fourth-order valence-corrected chi connectivity index (χ4v) is 2.30. The molecule has 1 rings (SSSR count). The monoisotopic (exact) mass is 215 g/mol. The summed E-state index contributed by atoms with van der Waals surface area (Å²) in [7, 11) is -2.16. The Labute approximate surface area is 77.1 Å². The highest BCUT2D eigenvalue weighted by atomic mass is 35.5.